The molecule has 3 heteroatoms. The summed E-state index contributed by atoms with van der Waals surface area (Å²) < 4.78 is 12.7. The van der Waals surface area contributed by atoms with Crippen LogP contribution in [0, 0.1) is 5.82 Å². The van der Waals surface area contributed by atoms with Crippen LogP contribution in [-0.4, -0.2) is 10.9 Å². The molecule has 0 radical (unpaired) electrons. The van der Waals surface area contributed by atoms with Gasteiger partial charge < -0.3 is 5.11 Å². The van der Waals surface area contributed by atoms with Crippen LogP contribution >= 0.6 is 0 Å². The molecule has 0 unspecified atom stereocenters. The first kappa shape index (κ1) is 9.90. The Morgan fingerprint density at radius 1 is 1.13 bits per heavy atom. The van der Waals surface area contributed by atoms with E-state index in [1.165, 1.54) is 12.1 Å². The zero-order valence-corrected chi connectivity index (χ0v) is 8.16. The van der Waals surface area contributed by atoms with E-state index < -0.39 is 0 Å². The minimum Gasteiger partial charge on any atom is -0.504 e. The molecule has 0 heterocycles. The van der Waals surface area contributed by atoms with Gasteiger partial charge in [0.1, 0.15) is 5.82 Å². The highest BCUT2D eigenvalue weighted by molar-refractivity contribution is 6.01. The molecule has 0 bridgehead atoms. The Balaban J connectivity index is 2.41. The Morgan fingerprint density at radius 3 is 2.47 bits per heavy atom. The van der Waals surface area contributed by atoms with Gasteiger partial charge >= 0.3 is 0 Å². The van der Waals surface area contributed by atoms with Crippen molar-refractivity contribution in [3.63, 3.8) is 0 Å². The van der Waals surface area contributed by atoms with E-state index >= 15 is 0 Å². The molecule has 0 amide bonds. The Kier molecular flexibility index (Phi) is 2.54. The number of hydrogen-bond donors (Lipinski definition) is 1. The topological polar surface area (TPSA) is 37.3 Å². The molecular weight excluding hydrogens is 195 g/mol. The van der Waals surface area contributed by atoms with E-state index in [4.69, 9.17) is 0 Å². The molecule has 2 nitrogen and oxygen atoms in total. The molecule has 1 N–H and O–H groups in total. The number of benzene rings is 1. The molecule has 0 spiro atoms. The van der Waals surface area contributed by atoms with Crippen LogP contribution in [0.1, 0.15) is 24.8 Å². The first-order valence-electron chi connectivity index (χ1n) is 4.90. The van der Waals surface area contributed by atoms with Crippen LogP contribution in [-0.2, 0) is 4.79 Å². The highest BCUT2D eigenvalue weighted by Crippen LogP contribution is 2.28. The minimum atomic E-state index is -0.319. The van der Waals surface area contributed by atoms with Gasteiger partial charge in [-0.2, -0.15) is 0 Å². The van der Waals surface area contributed by atoms with Crippen molar-refractivity contribution in [2.24, 2.45) is 0 Å². The Morgan fingerprint density at radius 2 is 1.80 bits per heavy atom. The van der Waals surface area contributed by atoms with Crippen molar-refractivity contribution in [2.45, 2.75) is 19.3 Å². The maximum atomic E-state index is 12.7. The van der Waals surface area contributed by atoms with Gasteiger partial charge in [0, 0.05) is 12.0 Å². The number of rotatable bonds is 1. The molecule has 2 rings (SSSR count). The molecule has 1 aromatic carbocycles. The zero-order chi connectivity index (χ0) is 10.8. The maximum Gasteiger partial charge on any atom is 0.197 e. The molecule has 0 aliphatic heterocycles. The summed E-state index contributed by atoms with van der Waals surface area (Å²) in [6, 6.07) is 5.82. The largest absolute Gasteiger partial charge is 0.504 e. The van der Waals surface area contributed by atoms with Crippen molar-refractivity contribution < 1.29 is 14.3 Å². The lowest BCUT2D eigenvalue weighted by molar-refractivity contribution is -0.118. The number of Topliss-reactive ketones (excluding diaryl/α,β-unsaturated/α-hetero) is 1. The predicted octanol–water partition coefficient (Wildman–Crippen LogP) is 2.85. The standard InChI is InChI=1S/C12H11FO2/c13-9-6-4-8(5-7-9)10-2-1-3-11(14)12(10)15/h4-7,15H,1-3H2. The summed E-state index contributed by atoms with van der Waals surface area (Å²) >= 11 is 0. The van der Waals surface area contributed by atoms with Gasteiger partial charge in [-0.15, -0.1) is 0 Å². The second-order valence-corrected chi connectivity index (χ2v) is 3.61. The summed E-state index contributed by atoms with van der Waals surface area (Å²) in [6.07, 6.45) is 1.81. The molecule has 1 aliphatic carbocycles. The molecule has 0 aromatic heterocycles. The number of allylic oxidation sites excluding steroid dienone is 2. The molecule has 0 atom stereocenters. The van der Waals surface area contributed by atoms with Crippen molar-refractivity contribution in [1.82, 2.24) is 0 Å². The Bertz CT molecular complexity index is 418. The van der Waals surface area contributed by atoms with Gasteiger partial charge in [-0.3, -0.25) is 4.79 Å². The number of aliphatic hydroxyl groups is 1. The normalized spacial score (nSPS) is 17.0. The number of ketones is 1. The van der Waals surface area contributed by atoms with Crippen LogP contribution in [0.5, 0.6) is 0 Å². The summed E-state index contributed by atoms with van der Waals surface area (Å²) in [4.78, 5) is 11.3. The van der Waals surface area contributed by atoms with E-state index in [2.05, 4.69) is 0 Å². The second kappa shape index (κ2) is 3.85. The second-order valence-electron chi connectivity index (χ2n) is 3.61. The average molecular weight is 206 g/mol. The van der Waals surface area contributed by atoms with Gasteiger partial charge in [0.15, 0.2) is 11.5 Å². The number of halogens is 1. The predicted molar refractivity (Wildman–Crippen MR) is 54.8 cm³/mol. The molecule has 78 valence electrons. The van der Waals surface area contributed by atoms with Crippen LogP contribution in [0.25, 0.3) is 5.57 Å². The smallest absolute Gasteiger partial charge is 0.197 e. The van der Waals surface area contributed by atoms with Crippen LogP contribution in [0.15, 0.2) is 30.0 Å². The SMILES string of the molecule is O=C1CCCC(c2ccc(F)cc2)=C1O. The molecule has 15 heavy (non-hydrogen) atoms. The van der Waals surface area contributed by atoms with Gasteiger partial charge in [0.2, 0.25) is 0 Å². The van der Waals surface area contributed by atoms with E-state index in [-0.39, 0.29) is 17.4 Å². The fourth-order valence-electron chi connectivity index (χ4n) is 1.76. The lowest BCUT2D eigenvalue weighted by Crippen LogP contribution is -2.10. The molecular formula is C12H11FO2. The summed E-state index contributed by atoms with van der Waals surface area (Å²) in [7, 11) is 0. The van der Waals surface area contributed by atoms with Gasteiger partial charge in [-0.25, -0.2) is 4.39 Å². The van der Waals surface area contributed by atoms with E-state index in [1.54, 1.807) is 12.1 Å². The summed E-state index contributed by atoms with van der Waals surface area (Å²) in [5.41, 5.74) is 1.35. The van der Waals surface area contributed by atoms with Gasteiger partial charge in [0.05, 0.1) is 0 Å². The van der Waals surface area contributed by atoms with Crippen molar-refractivity contribution in [3.8, 4) is 0 Å². The van der Waals surface area contributed by atoms with Crippen molar-refractivity contribution in [2.75, 3.05) is 0 Å². The van der Waals surface area contributed by atoms with Gasteiger partial charge in [-0.05, 0) is 30.5 Å². The monoisotopic (exact) mass is 206 g/mol. The fourth-order valence-corrected chi connectivity index (χ4v) is 1.76. The first-order valence-corrected chi connectivity index (χ1v) is 4.90. The van der Waals surface area contributed by atoms with Crippen molar-refractivity contribution in [3.05, 3.63) is 41.4 Å². The van der Waals surface area contributed by atoms with Crippen LogP contribution in [0.2, 0.25) is 0 Å². The Hall–Kier alpha value is -1.64. The maximum absolute atomic E-state index is 12.7. The molecule has 0 saturated carbocycles. The first-order chi connectivity index (χ1) is 7.18. The fraction of sp³-hybridized carbons (Fsp3) is 0.250. The average Bonchev–Trinajstić information content (AvgIpc) is 2.24. The number of aliphatic hydroxyl groups excluding tert-OH is 1. The third-order valence-corrected chi connectivity index (χ3v) is 2.57. The quantitative estimate of drug-likeness (QED) is 0.767. The molecule has 1 aromatic rings. The van der Waals surface area contributed by atoms with Crippen molar-refractivity contribution >= 4 is 11.4 Å². The summed E-state index contributed by atoms with van der Waals surface area (Å²) in [5, 5.41) is 9.60. The number of carbonyl (C=O) groups is 1. The number of carbonyl (C=O) groups excluding carboxylic acids is 1. The van der Waals surface area contributed by atoms with E-state index in [0.29, 0.717) is 18.4 Å². The third-order valence-electron chi connectivity index (χ3n) is 2.57. The third kappa shape index (κ3) is 1.91. The van der Waals surface area contributed by atoms with E-state index in [0.717, 1.165) is 12.0 Å². The lowest BCUT2D eigenvalue weighted by atomic mass is 9.91. The molecule has 0 saturated heterocycles. The Labute approximate surface area is 87.0 Å². The summed E-state index contributed by atoms with van der Waals surface area (Å²) in [6.45, 7) is 0. The van der Waals surface area contributed by atoms with Crippen LogP contribution in [0.3, 0.4) is 0 Å². The number of hydrogen-bond acceptors (Lipinski definition) is 2. The van der Waals surface area contributed by atoms with Gasteiger partial charge in [0.25, 0.3) is 0 Å². The van der Waals surface area contributed by atoms with Gasteiger partial charge in [-0.1, -0.05) is 12.1 Å². The highest BCUT2D eigenvalue weighted by atomic mass is 19.1. The lowest BCUT2D eigenvalue weighted by Gasteiger charge is -2.15. The van der Waals surface area contributed by atoms with E-state index in [1.807, 2.05) is 0 Å². The zero-order valence-electron chi connectivity index (χ0n) is 8.16. The van der Waals surface area contributed by atoms with Crippen LogP contribution < -0.4 is 0 Å². The highest BCUT2D eigenvalue weighted by Gasteiger charge is 2.20. The minimum absolute atomic E-state index is 0.159. The molecule has 0 fully saturated rings. The molecule has 1 aliphatic rings. The summed E-state index contributed by atoms with van der Waals surface area (Å²) in [5.74, 6) is -0.700. The van der Waals surface area contributed by atoms with E-state index in [9.17, 15) is 14.3 Å². The van der Waals surface area contributed by atoms with Crippen molar-refractivity contribution in [1.29, 1.82) is 0 Å². The van der Waals surface area contributed by atoms with Crippen LogP contribution in [0.4, 0.5) is 4.39 Å².